The van der Waals surface area contributed by atoms with Gasteiger partial charge in [0.2, 0.25) is 0 Å². The van der Waals surface area contributed by atoms with Crippen molar-refractivity contribution in [3.63, 3.8) is 0 Å². The smallest absolute Gasteiger partial charge is 0.0850 e. The lowest BCUT2D eigenvalue weighted by Gasteiger charge is -2.15. The maximum Gasteiger partial charge on any atom is 0.0850 e. The van der Waals surface area contributed by atoms with Crippen molar-refractivity contribution in [3.8, 4) is 0 Å². The van der Waals surface area contributed by atoms with Gasteiger partial charge < -0.3 is 5.73 Å². The first-order valence-electron chi connectivity index (χ1n) is 7.54. The molecule has 2 rings (SSSR count). The van der Waals surface area contributed by atoms with Gasteiger partial charge in [-0.05, 0) is 32.8 Å². The Morgan fingerprint density at radius 2 is 1.81 bits per heavy atom. The SMILES string of the molecule is CCc1nn(CC)c(CC(N)c2cc(C)cc(C)c2)c1Cl. The average molecular weight is 306 g/mol. The summed E-state index contributed by atoms with van der Waals surface area (Å²) in [5.41, 5.74) is 12.1. The first kappa shape index (κ1) is 16.1. The van der Waals surface area contributed by atoms with Crippen molar-refractivity contribution < 1.29 is 0 Å². The third-order valence-corrected chi connectivity index (χ3v) is 4.22. The van der Waals surface area contributed by atoms with Gasteiger partial charge >= 0.3 is 0 Å². The van der Waals surface area contributed by atoms with Gasteiger partial charge in [-0.1, -0.05) is 47.9 Å². The molecule has 0 aliphatic heterocycles. The van der Waals surface area contributed by atoms with Gasteiger partial charge in [0.25, 0.3) is 0 Å². The molecule has 0 saturated carbocycles. The fourth-order valence-electron chi connectivity index (χ4n) is 2.76. The number of nitrogens with zero attached hydrogens (tertiary/aromatic N) is 2. The van der Waals surface area contributed by atoms with Crippen LogP contribution in [-0.4, -0.2) is 9.78 Å². The molecule has 1 unspecified atom stereocenters. The Kier molecular flexibility index (Phi) is 5.07. The predicted octanol–water partition coefficient (Wildman–Crippen LogP) is 3.98. The number of aromatic nitrogens is 2. The van der Waals surface area contributed by atoms with E-state index in [1.165, 1.54) is 11.1 Å². The zero-order valence-electron chi connectivity index (χ0n) is 13.3. The van der Waals surface area contributed by atoms with Gasteiger partial charge in [0.15, 0.2) is 0 Å². The quantitative estimate of drug-likeness (QED) is 0.908. The Hall–Kier alpha value is -1.32. The minimum atomic E-state index is -0.0622. The van der Waals surface area contributed by atoms with E-state index < -0.39 is 0 Å². The Labute approximate surface area is 132 Å². The maximum atomic E-state index is 6.46. The number of rotatable bonds is 5. The van der Waals surface area contributed by atoms with Crippen LogP contribution in [0.15, 0.2) is 18.2 Å². The van der Waals surface area contributed by atoms with E-state index >= 15 is 0 Å². The van der Waals surface area contributed by atoms with Crippen LogP contribution < -0.4 is 5.73 Å². The monoisotopic (exact) mass is 305 g/mol. The van der Waals surface area contributed by atoms with E-state index in [0.29, 0.717) is 6.42 Å². The standard InChI is InChI=1S/C17H24ClN3/c1-5-15-17(18)16(21(6-2)20-15)10-14(19)13-8-11(3)7-12(4)9-13/h7-9,14H,5-6,10,19H2,1-4H3. The van der Waals surface area contributed by atoms with E-state index in [0.717, 1.165) is 34.9 Å². The van der Waals surface area contributed by atoms with Crippen LogP contribution in [-0.2, 0) is 19.4 Å². The molecular formula is C17H24ClN3. The Bertz CT molecular complexity index is 611. The Morgan fingerprint density at radius 3 is 2.33 bits per heavy atom. The summed E-state index contributed by atoms with van der Waals surface area (Å²) in [5, 5.41) is 5.33. The molecule has 1 atom stereocenters. The third kappa shape index (κ3) is 3.47. The topological polar surface area (TPSA) is 43.8 Å². The van der Waals surface area contributed by atoms with Crippen LogP contribution in [0.3, 0.4) is 0 Å². The number of hydrogen-bond donors (Lipinski definition) is 1. The molecule has 2 N–H and O–H groups in total. The molecule has 1 aromatic heterocycles. The molecule has 0 bridgehead atoms. The summed E-state index contributed by atoms with van der Waals surface area (Å²) in [6.07, 6.45) is 1.56. The normalized spacial score (nSPS) is 12.7. The van der Waals surface area contributed by atoms with Crippen molar-refractivity contribution in [3.05, 3.63) is 51.3 Å². The van der Waals surface area contributed by atoms with Gasteiger partial charge in [-0.3, -0.25) is 4.68 Å². The molecule has 114 valence electrons. The number of hydrogen-bond acceptors (Lipinski definition) is 2. The Morgan fingerprint density at radius 1 is 1.19 bits per heavy atom. The lowest BCUT2D eigenvalue weighted by Crippen LogP contribution is -2.16. The highest BCUT2D eigenvalue weighted by molar-refractivity contribution is 6.31. The first-order chi connectivity index (χ1) is 9.96. The number of benzene rings is 1. The molecule has 0 amide bonds. The lowest BCUT2D eigenvalue weighted by molar-refractivity contribution is 0.585. The fraction of sp³-hybridized carbons (Fsp3) is 0.471. The van der Waals surface area contributed by atoms with E-state index in [2.05, 4.69) is 51.0 Å². The minimum Gasteiger partial charge on any atom is -0.324 e. The van der Waals surface area contributed by atoms with Gasteiger partial charge in [0.05, 0.1) is 16.4 Å². The molecule has 21 heavy (non-hydrogen) atoms. The van der Waals surface area contributed by atoms with E-state index in [1.54, 1.807) is 0 Å². The fourth-order valence-corrected chi connectivity index (χ4v) is 3.11. The van der Waals surface area contributed by atoms with Crippen molar-refractivity contribution in [1.82, 2.24) is 9.78 Å². The van der Waals surface area contributed by atoms with Crippen LogP contribution in [0.1, 0.15) is 48.0 Å². The third-order valence-electron chi connectivity index (χ3n) is 3.78. The van der Waals surface area contributed by atoms with Crippen molar-refractivity contribution in [2.45, 2.75) is 53.1 Å². The van der Waals surface area contributed by atoms with E-state index in [1.807, 2.05) is 4.68 Å². The molecular weight excluding hydrogens is 282 g/mol. The summed E-state index contributed by atoms with van der Waals surface area (Å²) in [5.74, 6) is 0. The molecule has 0 fully saturated rings. The summed E-state index contributed by atoms with van der Waals surface area (Å²) >= 11 is 6.46. The molecule has 0 radical (unpaired) electrons. The maximum absolute atomic E-state index is 6.46. The minimum absolute atomic E-state index is 0.0622. The highest BCUT2D eigenvalue weighted by Gasteiger charge is 2.18. The molecule has 4 heteroatoms. The summed E-state index contributed by atoms with van der Waals surface area (Å²) in [7, 11) is 0. The van der Waals surface area contributed by atoms with Crippen molar-refractivity contribution in [1.29, 1.82) is 0 Å². The summed E-state index contributed by atoms with van der Waals surface area (Å²) in [4.78, 5) is 0. The van der Waals surface area contributed by atoms with E-state index in [4.69, 9.17) is 17.3 Å². The van der Waals surface area contributed by atoms with Crippen LogP contribution in [0.5, 0.6) is 0 Å². The van der Waals surface area contributed by atoms with Gasteiger partial charge in [-0.15, -0.1) is 0 Å². The van der Waals surface area contributed by atoms with Crippen molar-refractivity contribution in [2.24, 2.45) is 5.73 Å². The van der Waals surface area contributed by atoms with Crippen LogP contribution in [0, 0.1) is 13.8 Å². The zero-order chi connectivity index (χ0) is 15.6. The molecule has 0 aliphatic carbocycles. The average Bonchev–Trinajstić information content (AvgIpc) is 2.74. The largest absolute Gasteiger partial charge is 0.324 e. The van der Waals surface area contributed by atoms with Crippen LogP contribution >= 0.6 is 11.6 Å². The molecule has 0 aliphatic rings. The van der Waals surface area contributed by atoms with Crippen molar-refractivity contribution in [2.75, 3.05) is 0 Å². The van der Waals surface area contributed by atoms with Crippen molar-refractivity contribution >= 4 is 11.6 Å². The predicted molar refractivity (Wildman–Crippen MR) is 88.8 cm³/mol. The highest BCUT2D eigenvalue weighted by Crippen LogP contribution is 2.26. The molecule has 2 aromatic rings. The second-order valence-electron chi connectivity index (χ2n) is 5.61. The zero-order valence-corrected chi connectivity index (χ0v) is 14.0. The van der Waals surface area contributed by atoms with Crippen LogP contribution in [0.25, 0.3) is 0 Å². The molecule has 0 spiro atoms. The van der Waals surface area contributed by atoms with Gasteiger partial charge in [-0.25, -0.2) is 0 Å². The van der Waals surface area contributed by atoms with Gasteiger partial charge in [0.1, 0.15) is 0 Å². The summed E-state index contributed by atoms with van der Waals surface area (Å²) < 4.78 is 1.98. The van der Waals surface area contributed by atoms with Crippen LogP contribution in [0.2, 0.25) is 5.02 Å². The molecule has 3 nitrogen and oxygen atoms in total. The van der Waals surface area contributed by atoms with E-state index in [9.17, 15) is 0 Å². The highest BCUT2D eigenvalue weighted by atomic mass is 35.5. The van der Waals surface area contributed by atoms with Crippen LogP contribution in [0.4, 0.5) is 0 Å². The first-order valence-corrected chi connectivity index (χ1v) is 7.91. The van der Waals surface area contributed by atoms with Gasteiger partial charge in [-0.2, -0.15) is 5.10 Å². The molecule has 1 aromatic carbocycles. The lowest BCUT2D eigenvalue weighted by atomic mass is 9.98. The van der Waals surface area contributed by atoms with Gasteiger partial charge in [0, 0.05) is 19.0 Å². The molecule has 1 heterocycles. The summed E-state index contributed by atoms with van der Waals surface area (Å²) in [6, 6.07) is 6.40. The molecule has 0 saturated heterocycles. The number of aryl methyl sites for hydroxylation is 4. The second kappa shape index (κ2) is 6.63. The summed E-state index contributed by atoms with van der Waals surface area (Å²) in [6.45, 7) is 9.16. The number of nitrogens with two attached hydrogens (primary N) is 1. The van der Waals surface area contributed by atoms with E-state index in [-0.39, 0.29) is 6.04 Å². The number of halogens is 1. The second-order valence-corrected chi connectivity index (χ2v) is 5.99. The Balaban J connectivity index is 2.30.